The van der Waals surface area contributed by atoms with Crippen LogP contribution in [0.25, 0.3) is 0 Å². The largest absolute Gasteiger partial charge is 0.495 e. The van der Waals surface area contributed by atoms with Crippen molar-refractivity contribution in [3.05, 3.63) is 31.8 Å². The third-order valence-electron chi connectivity index (χ3n) is 2.40. The van der Waals surface area contributed by atoms with E-state index < -0.39 is 10.0 Å². The molecule has 0 unspecified atom stereocenters. The number of halogens is 2. The van der Waals surface area contributed by atoms with Crippen molar-refractivity contribution in [1.29, 1.82) is 0 Å². The molecule has 0 aliphatic carbocycles. The second kappa shape index (κ2) is 5.92. The average Bonchev–Trinajstić information content (AvgIpc) is 2.69. The summed E-state index contributed by atoms with van der Waals surface area (Å²) in [5.74, 6) is 0.493. The van der Waals surface area contributed by atoms with Crippen molar-refractivity contribution in [2.24, 2.45) is 0 Å². The van der Waals surface area contributed by atoms with E-state index in [1.54, 1.807) is 12.1 Å². The van der Waals surface area contributed by atoms with Gasteiger partial charge in [0.05, 0.1) is 26.1 Å². The topological polar surface area (TPSA) is 81.4 Å². The van der Waals surface area contributed by atoms with E-state index in [1.165, 1.54) is 30.6 Å². The van der Waals surface area contributed by atoms with E-state index in [9.17, 15) is 8.42 Å². The van der Waals surface area contributed by atoms with Gasteiger partial charge in [-0.1, -0.05) is 0 Å². The quantitative estimate of drug-likeness (QED) is 0.709. The number of ether oxygens (including phenoxy) is 1. The fourth-order valence-corrected chi connectivity index (χ4v) is 6.38. The lowest BCUT2D eigenvalue weighted by molar-refractivity contribution is 0.417. The first-order chi connectivity index (χ1) is 9.33. The van der Waals surface area contributed by atoms with E-state index in [2.05, 4.69) is 36.6 Å². The number of thiophene rings is 1. The molecule has 0 fully saturated rings. The minimum absolute atomic E-state index is 0.170. The molecule has 2 aromatic rings. The third-order valence-corrected chi connectivity index (χ3v) is 6.53. The summed E-state index contributed by atoms with van der Waals surface area (Å²) in [6.45, 7) is 0. The van der Waals surface area contributed by atoms with E-state index in [-0.39, 0.29) is 4.90 Å². The predicted molar refractivity (Wildman–Crippen MR) is 87.9 cm³/mol. The van der Waals surface area contributed by atoms with Gasteiger partial charge in [-0.05, 0) is 56.1 Å². The van der Waals surface area contributed by atoms with Gasteiger partial charge < -0.3 is 10.5 Å². The first kappa shape index (κ1) is 15.6. The molecule has 0 saturated heterocycles. The fourth-order valence-electron chi connectivity index (χ4n) is 1.52. The highest BCUT2D eigenvalue weighted by Gasteiger charge is 2.20. The lowest BCUT2D eigenvalue weighted by Gasteiger charge is -2.10. The molecule has 0 aliphatic rings. The van der Waals surface area contributed by atoms with Crippen molar-refractivity contribution in [3.8, 4) is 5.75 Å². The number of nitrogens with one attached hydrogen (secondary N) is 1. The molecule has 0 saturated carbocycles. The summed E-state index contributed by atoms with van der Waals surface area (Å²) in [4.78, 5) is 0.170. The number of rotatable bonds is 4. The van der Waals surface area contributed by atoms with Gasteiger partial charge >= 0.3 is 0 Å². The summed E-state index contributed by atoms with van der Waals surface area (Å²) in [6, 6.07) is 6.23. The minimum Gasteiger partial charge on any atom is -0.495 e. The molecule has 3 N–H and O–H groups in total. The van der Waals surface area contributed by atoms with Crippen molar-refractivity contribution < 1.29 is 13.2 Å². The second-order valence-electron chi connectivity index (χ2n) is 3.75. The molecule has 9 heteroatoms. The van der Waals surface area contributed by atoms with Crippen LogP contribution in [0.2, 0.25) is 0 Å². The van der Waals surface area contributed by atoms with Crippen LogP contribution in [-0.4, -0.2) is 15.5 Å². The monoisotopic (exact) mass is 440 g/mol. The maximum atomic E-state index is 12.3. The Balaban J connectivity index is 2.33. The molecule has 0 spiro atoms. The minimum atomic E-state index is -3.67. The van der Waals surface area contributed by atoms with Crippen LogP contribution in [0.4, 0.5) is 11.4 Å². The van der Waals surface area contributed by atoms with E-state index >= 15 is 0 Å². The van der Waals surface area contributed by atoms with Gasteiger partial charge in [0, 0.05) is 0 Å². The SMILES string of the molecule is COc1ccc(NS(=O)(=O)c2cc(Br)sc2Br)cc1N. The highest BCUT2D eigenvalue weighted by molar-refractivity contribution is 9.12. The van der Waals surface area contributed by atoms with E-state index in [0.717, 1.165) is 3.79 Å². The Hall–Kier alpha value is -0.770. The Morgan fingerprint density at radius 1 is 1.30 bits per heavy atom. The highest BCUT2D eigenvalue weighted by Crippen LogP contribution is 2.36. The van der Waals surface area contributed by atoms with Gasteiger partial charge in [-0.15, -0.1) is 11.3 Å². The average molecular weight is 442 g/mol. The second-order valence-corrected chi connectivity index (χ2v) is 9.15. The van der Waals surface area contributed by atoms with Crippen molar-refractivity contribution in [2.75, 3.05) is 17.6 Å². The molecular formula is C11H10Br2N2O3S2. The molecule has 20 heavy (non-hydrogen) atoms. The Kier molecular flexibility index (Phi) is 4.62. The zero-order chi connectivity index (χ0) is 14.9. The Morgan fingerprint density at radius 3 is 2.50 bits per heavy atom. The lowest BCUT2D eigenvalue weighted by atomic mass is 10.2. The summed E-state index contributed by atoms with van der Waals surface area (Å²) < 4.78 is 33.3. The van der Waals surface area contributed by atoms with Crippen molar-refractivity contribution in [1.82, 2.24) is 0 Å². The first-order valence-corrected chi connectivity index (χ1v) is 9.13. The fraction of sp³-hybridized carbons (Fsp3) is 0.0909. The molecule has 0 atom stereocenters. The van der Waals surface area contributed by atoms with E-state index in [1.807, 2.05) is 0 Å². The number of hydrogen-bond donors (Lipinski definition) is 2. The van der Waals surface area contributed by atoms with Crippen LogP contribution in [0.15, 0.2) is 36.7 Å². The summed E-state index contributed by atoms with van der Waals surface area (Å²) in [6.07, 6.45) is 0. The van der Waals surface area contributed by atoms with Crippen molar-refractivity contribution in [3.63, 3.8) is 0 Å². The van der Waals surface area contributed by atoms with Crippen LogP contribution in [-0.2, 0) is 10.0 Å². The smallest absolute Gasteiger partial charge is 0.263 e. The van der Waals surface area contributed by atoms with Crippen LogP contribution in [0.3, 0.4) is 0 Å². The van der Waals surface area contributed by atoms with Crippen LogP contribution in [0.5, 0.6) is 5.75 Å². The van der Waals surface area contributed by atoms with Gasteiger partial charge in [0.2, 0.25) is 0 Å². The molecule has 5 nitrogen and oxygen atoms in total. The number of hydrogen-bond acceptors (Lipinski definition) is 5. The maximum absolute atomic E-state index is 12.3. The molecule has 2 rings (SSSR count). The lowest BCUT2D eigenvalue weighted by Crippen LogP contribution is -2.12. The molecule has 1 aromatic carbocycles. The predicted octanol–water partition coefficient (Wildman–Crippen LogP) is 3.66. The Morgan fingerprint density at radius 2 is 2.00 bits per heavy atom. The number of methoxy groups -OCH3 is 1. The number of benzene rings is 1. The van der Waals surface area contributed by atoms with Gasteiger partial charge in [-0.25, -0.2) is 8.42 Å². The van der Waals surface area contributed by atoms with Crippen LogP contribution >= 0.6 is 43.2 Å². The third kappa shape index (κ3) is 3.27. The highest BCUT2D eigenvalue weighted by atomic mass is 79.9. The summed E-state index contributed by atoms with van der Waals surface area (Å²) in [5.41, 5.74) is 6.48. The van der Waals surface area contributed by atoms with Crippen LogP contribution in [0, 0.1) is 0 Å². The number of nitrogens with two attached hydrogens (primary N) is 1. The maximum Gasteiger partial charge on any atom is 0.263 e. The zero-order valence-corrected chi connectivity index (χ0v) is 15.0. The molecular weight excluding hydrogens is 432 g/mol. The van der Waals surface area contributed by atoms with Crippen molar-refractivity contribution >= 4 is 64.6 Å². The summed E-state index contributed by atoms with van der Waals surface area (Å²) in [5, 5.41) is 0. The molecule has 108 valence electrons. The number of nitrogen functional groups attached to an aromatic ring is 1. The van der Waals surface area contributed by atoms with E-state index in [4.69, 9.17) is 10.5 Å². The number of sulfonamides is 1. The molecule has 1 heterocycles. The molecule has 1 aromatic heterocycles. The van der Waals surface area contributed by atoms with Crippen LogP contribution < -0.4 is 15.2 Å². The van der Waals surface area contributed by atoms with Gasteiger partial charge in [0.15, 0.2) is 0 Å². The van der Waals surface area contributed by atoms with Gasteiger partial charge in [0.1, 0.15) is 10.6 Å². The molecule has 0 aliphatic heterocycles. The Labute approximate surface area is 137 Å². The first-order valence-electron chi connectivity index (χ1n) is 5.24. The summed E-state index contributed by atoms with van der Waals surface area (Å²) in [7, 11) is -2.18. The van der Waals surface area contributed by atoms with Gasteiger partial charge in [-0.2, -0.15) is 0 Å². The molecule has 0 bridgehead atoms. The van der Waals surface area contributed by atoms with E-state index in [0.29, 0.717) is 20.9 Å². The normalized spacial score (nSPS) is 11.3. The van der Waals surface area contributed by atoms with Crippen LogP contribution in [0.1, 0.15) is 0 Å². The molecule has 0 amide bonds. The summed E-state index contributed by atoms with van der Waals surface area (Å²) >= 11 is 7.76. The Bertz CT molecular complexity index is 744. The van der Waals surface area contributed by atoms with Crippen molar-refractivity contribution in [2.45, 2.75) is 4.90 Å². The standard InChI is InChI=1S/C11H10Br2N2O3S2/c1-18-8-3-2-6(4-7(8)14)15-20(16,17)9-5-10(12)19-11(9)13/h2-5,15H,14H2,1H3. The van der Waals surface area contributed by atoms with Gasteiger partial charge in [-0.3, -0.25) is 4.72 Å². The van der Waals surface area contributed by atoms with Gasteiger partial charge in [0.25, 0.3) is 10.0 Å². The zero-order valence-electron chi connectivity index (χ0n) is 10.2. The molecule has 0 radical (unpaired) electrons. The number of anilines is 2.